The van der Waals surface area contributed by atoms with E-state index in [-0.39, 0.29) is 30.2 Å². The van der Waals surface area contributed by atoms with Gasteiger partial charge in [0.15, 0.2) is 0 Å². The lowest BCUT2D eigenvalue weighted by Crippen LogP contribution is -2.43. The monoisotopic (exact) mass is 726 g/mol. The van der Waals surface area contributed by atoms with E-state index in [0.717, 1.165) is 26.8 Å². The van der Waals surface area contributed by atoms with Gasteiger partial charge in [0.05, 0.1) is 16.8 Å². The van der Waals surface area contributed by atoms with Crippen LogP contribution in [0.3, 0.4) is 0 Å². The molecular weight excluding hydrogens is 688 g/mol. The zero-order valence-corrected chi connectivity index (χ0v) is 30.1. The van der Waals surface area contributed by atoms with Crippen LogP contribution in [0, 0.1) is 6.92 Å². The maximum absolute atomic E-state index is 13.4. The SMILES string of the molecule is CCC1COC(=O)N(CC2CCC(=O)N2)[C@@H]2CCc3cc(-c4cccc(-c5cccc(NC(=O)c6cn(C)c(=O)n(C)c6=O)c5C)c4Cl)nc(c32)O1. The molecule has 3 aliphatic rings. The molecule has 4 aromatic rings. The van der Waals surface area contributed by atoms with E-state index >= 15 is 0 Å². The molecule has 2 N–H and O–H groups in total. The van der Waals surface area contributed by atoms with Gasteiger partial charge in [-0.05, 0) is 61.4 Å². The quantitative estimate of drug-likeness (QED) is 0.273. The lowest BCUT2D eigenvalue weighted by atomic mass is 9.96. The summed E-state index contributed by atoms with van der Waals surface area (Å²) < 4.78 is 14.3. The van der Waals surface area contributed by atoms with Crippen LogP contribution in [0.4, 0.5) is 10.5 Å². The number of rotatable bonds is 7. The lowest BCUT2D eigenvalue weighted by Gasteiger charge is -2.30. The third-order valence-corrected chi connectivity index (χ3v) is 10.6. The zero-order valence-electron chi connectivity index (χ0n) is 29.3. The molecule has 2 aromatic carbocycles. The van der Waals surface area contributed by atoms with Gasteiger partial charge in [-0.15, -0.1) is 0 Å². The Hall–Kier alpha value is -5.43. The maximum atomic E-state index is 13.4. The van der Waals surface area contributed by atoms with E-state index < -0.39 is 29.4 Å². The number of anilines is 1. The summed E-state index contributed by atoms with van der Waals surface area (Å²) in [7, 11) is 2.80. The summed E-state index contributed by atoms with van der Waals surface area (Å²) in [5.41, 5.74) is 4.43. The first kappa shape index (κ1) is 35.0. The van der Waals surface area contributed by atoms with Gasteiger partial charge in [0.1, 0.15) is 18.3 Å². The molecule has 1 saturated heterocycles. The van der Waals surface area contributed by atoms with Crippen LogP contribution in [-0.4, -0.2) is 62.2 Å². The van der Waals surface area contributed by atoms with Crippen molar-refractivity contribution in [2.45, 2.75) is 64.1 Å². The normalized spacial score (nSPS) is 19.6. The molecule has 270 valence electrons. The third-order valence-electron chi connectivity index (χ3n) is 10.2. The first-order chi connectivity index (χ1) is 24.9. The smallest absolute Gasteiger partial charge is 0.410 e. The van der Waals surface area contributed by atoms with Crippen molar-refractivity contribution in [3.8, 4) is 28.3 Å². The summed E-state index contributed by atoms with van der Waals surface area (Å²) >= 11 is 7.20. The summed E-state index contributed by atoms with van der Waals surface area (Å²) in [5.74, 6) is -0.222. The highest BCUT2D eigenvalue weighted by molar-refractivity contribution is 6.36. The Labute approximate surface area is 304 Å². The molecule has 0 spiro atoms. The van der Waals surface area contributed by atoms with E-state index in [1.807, 2.05) is 44.2 Å². The topological polar surface area (TPSA) is 154 Å². The van der Waals surface area contributed by atoms with E-state index in [0.29, 0.717) is 72.1 Å². The molecule has 4 heterocycles. The molecule has 1 fully saturated rings. The predicted octanol–water partition coefficient (Wildman–Crippen LogP) is 4.90. The van der Waals surface area contributed by atoms with E-state index in [1.165, 1.54) is 24.9 Å². The van der Waals surface area contributed by atoms with Crippen LogP contribution in [0.15, 0.2) is 58.3 Å². The molecule has 0 bridgehead atoms. The van der Waals surface area contributed by atoms with Crippen LogP contribution in [0.1, 0.15) is 65.7 Å². The number of nitrogens with one attached hydrogen (secondary N) is 2. The van der Waals surface area contributed by atoms with Crippen molar-refractivity contribution < 1.29 is 23.9 Å². The second-order valence-corrected chi connectivity index (χ2v) is 13.9. The van der Waals surface area contributed by atoms with Crippen LogP contribution < -0.4 is 26.6 Å². The Morgan fingerprint density at radius 2 is 1.79 bits per heavy atom. The van der Waals surface area contributed by atoms with Crippen LogP contribution in [0.5, 0.6) is 5.88 Å². The van der Waals surface area contributed by atoms with Crippen LogP contribution in [0.2, 0.25) is 5.02 Å². The van der Waals surface area contributed by atoms with E-state index in [2.05, 4.69) is 10.6 Å². The average Bonchev–Trinajstić information content (AvgIpc) is 3.76. The number of aryl methyl sites for hydroxylation is 2. The first-order valence-electron chi connectivity index (χ1n) is 17.3. The van der Waals surface area contributed by atoms with Crippen molar-refractivity contribution in [2.75, 3.05) is 18.5 Å². The minimum absolute atomic E-state index is 0.0185. The van der Waals surface area contributed by atoms with E-state index in [4.69, 9.17) is 26.1 Å². The van der Waals surface area contributed by atoms with Crippen molar-refractivity contribution in [2.24, 2.45) is 14.1 Å². The molecule has 1 aliphatic carbocycles. The van der Waals surface area contributed by atoms with Crippen molar-refractivity contribution in [3.63, 3.8) is 0 Å². The van der Waals surface area contributed by atoms with Gasteiger partial charge in [-0.2, -0.15) is 0 Å². The van der Waals surface area contributed by atoms with Gasteiger partial charge in [-0.25, -0.2) is 14.6 Å². The van der Waals surface area contributed by atoms with Gasteiger partial charge in [0.25, 0.3) is 11.5 Å². The Balaban J connectivity index is 1.24. The number of pyridine rings is 1. The third kappa shape index (κ3) is 6.33. The molecule has 3 atom stereocenters. The summed E-state index contributed by atoms with van der Waals surface area (Å²) in [5, 5.41) is 6.25. The number of nitrogens with zero attached hydrogens (tertiary/aromatic N) is 4. The Morgan fingerprint density at radius 1 is 1.04 bits per heavy atom. The molecular formula is C38H39ClN6O7. The van der Waals surface area contributed by atoms with Gasteiger partial charge in [0, 0.05) is 61.7 Å². The average molecular weight is 727 g/mol. The fraction of sp³-hybridized carbons (Fsp3) is 0.368. The van der Waals surface area contributed by atoms with Gasteiger partial charge < -0.3 is 24.7 Å². The number of carbonyl (C=O) groups is 3. The number of halogens is 1. The number of ether oxygens (including phenoxy) is 2. The highest BCUT2D eigenvalue weighted by Gasteiger charge is 2.40. The maximum Gasteiger partial charge on any atom is 0.410 e. The number of hydrogen-bond donors (Lipinski definition) is 2. The first-order valence-corrected chi connectivity index (χ1v) is 17.7. The molecule has 7 rings (SSSR count). The molecule has 14 heteroatoms. The van der Waals surface area contributed by atoms with Gasteiger partial charge in [-0.1, -0.05) is 48.9 Å². The molecule has 52 heavy (non-hydrogen) atoms. The van der Waals surface area contributed by atoms with Crippen LogP contribution in [0.25, 0.3) is 22.4 Å². The standard InChI is InChI=1S/C38H39ClN6O7/c1-5-23-19-51-38(50)45(17-22-13-15-31(46)40-22)30-14-12-21-16-29(42-35(52-23)32(21)30)26-10-6-9-25(33(26)39)24-8-7-11-28(20(24)2)41-34(47)27-18-43(3)37(49)44(4)36(27)48/h6-11,16,18,22-23,30H,5,12-15,17,19H2,1-4H3,(H,40,46)(H,41,47)/t22?,23?,30-/m1/s1. The fourth-order valence-corrected chi connectivity index (χ4v) is 7.62. The Kier molecular flexibility index (Phi) is 9.38. The predicted molar refractivity (Wildman–Crippen MR) is 195 cm³/mol. The van der Waals surface area contributed by atoms with Crippen molar-refractivity contribution >= 4 is 35.2 Å². The Morgan fingerprint density at radius 3 is 2.54 bits per heavy atom. The molecule has 2 aliphatic heterocycles. The summed E-state index contributed by atoms with van der Waals surface area (Å²) in [4.78, 5) is 70.3. The molecule has 0 saturated carbocycles. The van der Waals surface area contributed by atoms with Gasteiger partial charge in [-0.3, -0.25) is 23.9 Å². The highest BCUT2D eigenvalue weighted by atomic mass is 35.5. The largest absolute Gasteiger partial charge is 0.470 e. The lowest BCUT2D eigenvalue weighted by molar-refractivity contribution is -0.119. The Bertz CT molecular complexity index is 2250. The number of aromatic nitrogens is 3. The molecule has 2 unspecified atom stereocenters. The van der Waals surface area contributed by atoms with E-state index in [9.17, 15) is 24.0 Å². The van der Waals surface area contributed by atoms with Crippen molar-refractivity contribution in [1.82, 2.24) is 24.3 Å². The van der Waals surface area contributed by atoms with Crippen molar-refractivity contribution in [3.05, 3.63) is 96.8 Å². The molecule has 3 amide bonds. The summed E-state index contributed by atoms with van der Waals surface area (Å²) in [6, 6.07) is 12.6. The molecule has 2 aromatic heterocycles. The minimum Gasteiger partial charge on any atom is -0.470 e. The van der Waals surface area contributed by atoms with Crippen LogP contribution >= 0.6 is 11.6 Å². The minimum atomic E-state index is -0.692. The molecule has 13 nitrogen and oxygen atoms in total. The van der Waals surface area contributed by atoms with E-state index in [1.54, 1.807) is 17.0 Å². The summed E-state index contributed by atoms with van der Waals surface area (Å²) in [6.45, 7) is 4.21. The fourth-order valence-electron chi connectivity index (χ4n) is 7.30. The van der Waals surface area contributed by atoms with Crippen molar-refractivity contribution in [1.29, 1.82) is 0 Å². The second kappa shape index (κ2) is 13.9. The number of hydrogen-bond acceptors (Lipinski definition) is 8. The molecule has 0 radical (unpaired) electrons. The number of amides is 3. The van der Waals surface area contributed by atoms with Gasteiger partial charge >= 0.3 is 11.8 Å². The number of benzene rings is 2. The highest BCUT2D eigenvalue weighted by Crippen LogP contribution is 2.46. The zero-order chi connectivity index (χ0) is 36.8. The summed E-state index contributed by atoms with van der Waals surface area (Å²) in [6.07, 6.45) is 3.40. The second-order valence-electron chi connectivity index (χ2n) is 13.5. The van der Waals surface area contributed by atoms with Gasteiger partial charge in [0.2, 0.25) is 11.8 Å². The number of carbonyl (C=O) groups excluding carboxylic acids is 3. The van der Waals surface area contributed by atoms with Crippen LogP contribution in [-0.2, 0) is 30.0 Å². The number of cyclic esters (lactones) is 1.